The molecule has 0 aliphatic heterocycles. The van der Waals surface area contributed by atoms with Crippen LogP contribution in [0, 0.1) is 0 Å². The normalized spacial score (nSPS) is 10.6. The molecule has 5 nitrogen and oxygen atoms in total. The summed E-state index contributed by atoms with van der Waals surface area (Å²) in [6.07, 6.45) is 0.813. The van der Waals surface area contributed by atoms with Gasteiger partial charge in [-0.1, -0.05) is 24.3 Å². The summed E-state index contributed by atoms with van der Waals surface area (Å²) in [6, 6.07) is 15.2. The van der Waals surface area contributed by atoms with Crippen molar-refractivity contribution < 1.29 is 4.74 Å². The van der Waals surface area contributed by atoms with E-state index in [1.165, 1.54) is 0 Å². The van der Waals surface area contributed by atoms with Crippen LogP contribution in [-0.2, 0) is 6.42 Å². The van der Waals surface area contributed by atoms with Crippen molar-refractivity contribution in [1.29, 1.82) is 0 Å². The van der Waals surface area contributed by atoms with E-state index in [9.17, 15) is 4.79 Å². The monoisotopic (exact) mass is 295 g/mol. The van der Waals surface area contributed by atoms with E-state index in [1.807, 2.05) is 42.5 Å². The Morgan fingerprint density at radius 3 is 2.91 bits per heavy atom. The molecule has 0 aliphatic rings. The number of ether oxygens (including phenoxy) is 1. The van der Waals surface area contributed by atoms with Crippen LogP contribution in [0.1, 0.15) is 5.56 Å². The van der Waals surface area contributed by atoms with Crippen LogP contribution in [0.15, 0.2) is 53.3 Å². The van der Waals surface area contributed by atoms with Gasteiger partial charge in [-0.05, 0) is 36.2 Å². The van der Waals surface area contributed by atoms with Gasteiger partial charge in [0.15, 0.2) is 0 Å². The SMILES string of the molecule is COc1cccc(CCNc2nc3ccccc3c(=O)[nH]2)c1. The Labute approximate surface area is 128 Å². The van der Waals surface area contributed by atoms with E-state index in [-0.39, 0.29) is 5.56 Å². The number of fused-ring (bicyclic) bond motifs is 1. The second-order valence-corrected chi connectivity index (χ2v) is 4.96. The fourth-order valence-electron chi connectivity index (χ4n) is 2.32. The van der Waals surface area contributed by atoms with Gasteiger partial charge in [-0.2, -0.15) is 0 Å². The Balaban J connectivity index is 1.70. The van der Waals surface area contributed by atoms with Crippen LogP contribution in [0.25, 0.3) is 10.9 Å². The van der Waals surface area contributed by atoms with Crippen LogP contribution in [-0.4, -0.2) is 23.6 Å². The lowest BCUT2D eigenvalue weighted by Gasteiger charge is -2.07. The van der Waals surface area contributed by atoms with E-state index in [2.05, 4.69) is 15.3 Å². The molecule has 3 aromatic rings. The molecule has 2 N–H and O–H groups in total. The van der Waals surface area contributed by atoms with Crippen molar-refractivity contribution in [2.75, 3.05) is 19.0 Å². The minimum absolute atomic E-state index is 0.130. The summed E-state index contributed by atoms with van der Waals surface area (Å²) in [4.78, 5) is 19.1. The van der Waals surface area contributed by atoms with Gasteiger partial charge < -0.3 is 10.1 Å². The topological polar surface area (TPSA) is 67.0 Å². The second-order valence-electron chi connectivity index (χ2n) is 4.96. The third-order valence-corrected chi connectivity index (χ3v) is 3.45. The lowest BCUT2D eigenvalue weighted by atomic mass is 10.1. The second kappa shape index (κ2) is 6.30. The predicted octanol–water partition coefficient (Wildman–Crippen LogP) is 2.59. The van der Waals surface area contributed by atoms with Gasteiger partial charge in [0.2, 0.25) is 5.95 Å². The van der Waals surface area contributed by atoms with E-state index < -0.39 is 0 Å². The maximum atomic E-state index is 12.0. The molecule has 1 heterocycles. The summed E-state index contributed by atoms with van der Waals surface area (Å²) in [5.74, 6) is 1.33. The van der Waals surface area contributed by atoms with Gasteiger partial charge in [-0.25, -0.2) is 4.98 Å². The molecule has 2 aromatic carbocycles. The van der Waals surface area contributed by atoms with Crippen LogP contribution < -0.4 is 15.6 Å². The lowest BCUT2D eigenvalue weighted by molar-refractivity contribution is 0.414. The fraction of sp³-hybridized carbons (Fsp3) is 0.176. The molecular weight excluding hydrogens is 278 g/mol. The maximum Gasteiger partial charge on any atom is 0.260 e. The largest absolute Gasteiger partial charge is 0.497 e. The number of rotatable bonds is 5. The summed E-state index contributed by atoms with van der Waals surface area (Å²) >= 11 is 0. The zero-order valence-corrected chi connectivity index (χ0v) is 12.3. The number of methoxy groups -OCH3 is 1. The number of aromatic nitrogens is 2. The quantitative estimate of drug-likeness (QED) is 0.759. The van der Waals surface area contributed by atoms with Gasteiger partial charge in [0, 0.05) is 6.54 Å². The Bertz CT molecular complexity index is 842. The molecule has 3 rings (SSSR count). The first-order chi connectivity index (χ1) is 10.8. The molecule has 0 aliphatic carbocycles. The molecular formula is C17H17N3O2. The molecule has 112 valence electrons. The highest BCUT2D eigenvalue weighted by molar-refractivity contribution is 5.78. The van der Waals surface area contributed by atoms with Crippen molar-refractivity contribution in [1.82, 2.24) is 9.97 Å². The molecule has 0 fully saturated rings. The molecule has 22 heavy (non-hydrogen) atoms. The van der Waals surface area contributed by atoms with Gasteiger partial charge in [0.25, 0.3) is 5.56 Å². The van der Waals surface area contributed by atoms with Crippen LogP contribution in [0.2, 0.25) is 0 Å². The van der Waals surface area contributed by atoms with Crippen molar-refractivity contribution in [3.63, 3.8) is 0 Å². The van der Waals surface area contributed by atoms with Crippen molar-refractivity contribution in [2.24, 2.45) is 0 Å². The minimum atomic E-state index is -0.130. The molecule has 0 spiro atoms. The Morgan fingerprint density at radius 1 is 1.18 bits per heavy atom. The molecule has 0 saturated carbocycles. The van der Waals surface area contributed by atoms with Crippen molar-refractivity contribution in [2.45, 2.75) is 6.42 Å². The number of hydrogen-bond donors (Lipinski definition) is 2. The molecule has 0 radical (unpaired) electrons. The number of benzene rings is 2. The third-order valence-electron chi connectivity index (χ3n) is 3.45. The van der Waals surface area contributed by atoms with E-state index in [1.54, 1.807) is 13.2 Å². The zero-order valence-electron chi connectivity index (χ0n) is 12.3. The highest BCUT2D eigenvalue weighted by Crippen LogP contribution is 2.13. The molecule has 0 bridgehead atoms. The molecule has 0 atom stereocenters. The highest BCUT2D eigenvalue weighted by atomic mass is 16.5. The van der Waals surface area contributed by atoms with Crippen molar-refractivity contribution >= 4 is 16.9 Å². The standard InChI is InChI=1S/C17H17N3O2/c1-22-13-6-4-5-12(11-13)9-10-18-17-19-15-8-3-2-7-14(15)16(21)20-17/h2-8,11H,9-10H2,1H3,(H2,18,19,20,21). The first-order valence-electron chi connectivity index (χ1n) is 7.12. The van der Waals surface area contributed by atoms with Crippen molar-refractivity contribution in [3.05, 3.63) is 64.4 Å². The lowest BCUT2D eigenvalue weighted by Crippen LogP contribution is -2.14. The fourth-order valence-corrected chi connectivity index (χ4v) is 2.32. The number of aromatic amines is 1. The minimum Gasteiger partial charge on any atom is -0.497 e. The van der Waals surface area contributed by atoms with Gasteiger partial charge in [0.05, 0.1) is 18.0 Å². The van der Waals surface area contributed by atoms with Gasteiger partial charge in [-0.3, -0.25) is 9.78 Å². The van der Waals surface area contributed by atoms with Crippen LogP contribution in [0.3, 0.4) is 0 Å². The molecule has 1 aromatic heterocycles. The molecule has 0 amide bonds. The first-order valence-corrected chi connectivity index (χ1v) is 7.12. The van der Waals surface area contributed by atoms with E-state index >= 15 is 0 Å². The number of nitrogens with one attached hydrogen (secondary N) is 2. The third kappa shape index (κ3) is 3.09. The Morgan fingerprint density at radius 2 is 2.05 bits per heavy atom. The summed E-state index contributed by atoms with van der Waals surface area (Å²) in [6.45, 7) is 0.675. The first kappa shape index (κ1) is 14.1. The smallest absolute Gasteiger partial charge is 0.260 e. The molecule has 0 saturated heterocycles. The van der Waals surface area contributed by atoms with Gasteiger partial charge in [0.1, 0.15) is 5.75 Å². The Kier molecular flexibility index (Phi) is 4.05. The number of H-pyrrole nitrogens is 1. The molecule has 5 heteroatoms. The number of nitrogens with zero attached hydrogens (tertiary/aromatic N) is 1. The zero-order chi connectivity index (χ0) is 15.4. The van der Waals surface area contributed by atoms with Gasteiger partial charge in [-0.15, -0.1) is 0 Å². The summed E-state index contributed by atoms with van der Waals surface area (Å²) in [7, 11) is 1.65. The number of anilines is 1. The average Bonchev–Trinajstić information content (AvgIpc) is 2.55. The average molecular weight is 295 g/mol. The summed E-state index contributed by atoms with van der Waals surface area (Å²) in [5.41, 5.74) is 1.72. The van der Waals surface area contributed by atoms with Crippen LogP contribution in [0.4, 0.5) is 5.95 Å². The Hall–Kier alpha value is -2.82. The molecule has 0 unspecified atom stereocenters. The number of hydrogen-bond acceptors (Lipinski definition) is 4. The summed E-state index contributed by atoms with van der Waals surface area (Å²) in [5, 5.41) is 3.75. The highest BCUT2D eigenvalue weighted by Gasteiger charge is 2.02. The van der Waals surface area contributed by atoms with E-state index in [0.717, 1.165) is 17.7 Å². The number of para-hydroxylation sites is 1. The summed E-state index contributed by atoms with van der Waals surface area (Å²) < 4.78 is 5.20. The predicted molar refractivity (Wildman–Crippen MR) is 87.6 cm³/mol. The van der Waals surface area contributed by atoms with Crippen LogP contribution >= 0.6 is 0 Å². The maximum absolute atomic E-state index is 12.0. The van der Waals surface area contributed by atoms with E-state index in [4.69, 9.17) is 4.74 Å². The van der Waals surface area contributed by atoms with Gasteiger partial charge >= 0.3 is 0 Å². The van der Waals surface area contributed by atoms with E-state index in [0.29, 0.717) is 23.4 Å². The van der Waals surface area contributed by atoms with Crippen molar-refractivity contribution in [3.8, 4) is 5.75 Å². The van der Waals surface area contributed by atoms with Crippen LogP contribution in [0.5, 0.6) is 5.75 Å².